The third-order valence-electron chi connectivity index (χ3n) is 5.40. The number of aromatic nitrogens is 4. The highest BCUT2D eigenvalue weighted by Crippen LogP contribution is 2.44. The first-order valence-electron chi connectivity index (χ1n) is 11.0. The van der Waals surface area contributed by atoms with Crippen LogP contribution in [0.1, 0.15) is 11.3 Å². The average molecular weight is 581 g/mol. The van der Waals surface area contributed by atoms with E-state index in [1.807, 2.05) is 0 Å². The van der Waals surface area contributed by atoms with Crippen molar-refractivity contribution in [3.63, 3.8) is 0 Å². The molecule has 0 aliphatic carbocycles. The number of rotatable bonds is 9. The quantitative estimate of drug-likeness (QED) is 0.236. The van der Waals surface area contributed by atoms with E-state index in [-0.39, 0.29) is 24.7 Å². The number of thiophene rings is 1. The molecule has 1 atom stereocenters. The predicted molar refractivity (Wildman–Crippen MR) is 139 cm³/mol. The number of carboxylic acids is 1. The van der Waals surface area contributed by atoms with Gasteiger partial charge in [0, 0.05) is 18.8 Å². The molecule has 5 aromatic rings. The maximum atomic E-state index is 13.4. The van der Waals surface area contributed by atoms with Gasteiger partial charge in [0.25, 0.3) is 0 Å². The Balaban J connectivity index is 1.41. The van der Waals surface area contributed by atoms with E-state index in [1.165, 1.54) is 29.8 Å². The van der Waals surface area contributed by atoms with E-state index in [9.17, 15) is 14.3 Å². The molecule has 0 unspecified atom stereocenters. The number of halogens is 2. The van der Waals surface area contributed by atoms with Gasteiger partial charge < -0.3 is 14.6 Å². The number of nitrogens with zero attached hydrogens (tertiary/aromatic N) is 4. The lowest BCUT2D eigenvalue weighted by molar-refractivity contribution is -0.145. The summed E-state index contributed by atoms with van der Waals surface area (Å²) in [5.74, 6) is -0.839. The smallest absolute Gasteiger partial charge is 0.345 e. The van der Waals surface area contributed by atoms with Crippen LogP contribution in [0.25, 0.3) is 20.7 Å². The zero-order valence-corrected chi connectivity index (χ0v) is 21.4. The maximum absolute atomic E-state index is 13.4. The van der Waals surface area contributed by atoms with Gasteiger partial charge in [-0.15, -0.1) is 11.3 Å². The van der Waals surface area contributed by atoms with Gasteiger partial charge in [-0.3, -0.25) is 9.97 Å². The summed E-state index contributed by atoms with van der Waals surface area (Å²) in [5, 5.41) is 10.5. The van der Waals surface area contributed by atoms with Gasteiger partial charge in [-0.2, -0.15) is 0 Å². The molecule has 186 valence electrons. The lowest BCUT2D eigenvalue weighted by Gasteiger charge is -2.17. The van der Waals surface area contributed by atoms with Crippen molar-refractivity contribution < 1.29 is 23.8 Å². The summed E-state index contributed by atoms with van der Waals surface area (Å²) in [5.41, 5.74) is 2.08. The summed E-state index contributed by atoms with van der Waals surface area (Å²) in [7, 11) is 0. The standard InChI is InChI=1S/C26H18BrFN4O4S/c27-22-21-24(31-14-32-25(21)37-23(22)15-5-7-17(28)8-6-15)36-20(26(33)34)11-16-3-1-2-4-19(16)35-13-18-12-29-9-10-30-18/h1-10,12,14,20H,11,13H2,(H,33,34)/t20-/m1/s1. The molecule has 3 heterocycles. The number of fused-ring (bicyclic) bond motifs is 1. The van der Waals surface area contributed by atoms with Crippen LogP contribution in [0, 0.1) is 5.82 Å². The van der Waals surface area contributed by atoms with Crippen LogP contribution in [-0.4, -0.2) is 37.1 Å². The van der Waals surface area contributed by atoms with E-state index < -0.39 is 12.1 Å². The number of hydrogen-bond donors (Lipinski definition) is 1. The first-order valence-corrected chi connectivity index (χ1v) is 12.6. The molecular formula is C26H18BrFN4O4S. The summed E-state index contributed by atoms with van der Waals surface area (Å²) in [6.45, 7) is 0.185. The molecule has 0 fully saturated rings. The fourth-order valence-electron chi connectivity index (χ4n) is 3.63. The van der Waals surface area contributed by atoms with Crippen molar-refractivity contribution in [3.8, 4) is 22.1 Å². The molecule has 0 amide bonds. The normalized spacial score (nSPS) is 11.8. The SMILES string of the molecule is O=C(O)[C@@H](Cc1ccccc1OCc1cnccn1)Oc1ncnc2sc(-c3ccc(F)cc3)c(Br)c12. The molecule has 0 saturated carbocycles. The Labute approximate surface area is 222 Å². The van der Waals surface area contributed by atoms with Crippen LogP contribution >= 0.6 is 27.3 Å². The molecule has 0 aliphatic heterocycles. The zero-order valence-electron chi connectivity index (χ0n) is 19.0. The van der Waals surface area contributed by atoms with E-state index in [0.29, 0.717) is 31.7 Å². The highest BCUT2D eigenvalue weighted by molar-refractivity contribution is 9.10. The van der Waals surface area contributed by atoms with Crippen LogP contribution in [0.4, 0.5) is 4.39 Å². The van der Waals surface area contributed by atoms with Gasteiger partial charge in [0.05, 0.1) is 26.6 Å². The summed E-state index contributed by atoms with van der Waals surface area (Å²) in [6, 6.07) is 13.2. The zero-order chi connectivity index (χ0) is 25.8. The predicted octanol–water partition coefficient (Wildman–Crippen LogP) is 5.70. The molecule has 0 bridgehead atoms. The van der Waals surface area contributed by atoms with Crippen LogP contribution in [-0.2, 0) is 17.8 Å². The van der Waals surface area contributed by atoms with Crippen LogP contribution in [0.2, 0.25) is 0 Å². The van der Waals surface area contributed by atoms with Gasteiger partial charge in [-0.05, 0) is 45.3 Å². The Morgan fingerprint density at radius 1 is 1.08 bits per heavy atom. The van der Waals surface area contributed by atoms with E-state index in [1.54, 1.807) is 55.0 Å². The lowest BCUT2D eigenvalue weighted by atomic mass is 10.1. The molecule has 8 nitrogen and oxygen atoms in total. The van der Waals surface area contributed by atoms with Crippen molar-refractivity contribution in [1.29, 1.82) is 0 Å². The van der Waals surface area contributed by atoms with Gasteiger partial charge >= 0.3 is 5.97 Å². The second kappa shape index (κ2) is 11.0. The lowest BCUT2D eigenvalue weighted by Crippen LogP contribution is -2.30. The third-order valence-corrected chi connectivity index (χ3v) is 7.60. The van der Waals surface area contributed by atoms with Crippen molar-refractivity contribution in [2.24, 2.45) is 0 Å². The molecule has 37 heavy (non-hydrogen) atoms. The molecule has 0 spiro atoms. The summed E-state index contributed by atoms with van der Waals surface area (Å²) < 4.78 is 25.9. The van der Waals surface area contributed by atoms with E-state index >= 15 is 0 Å². The Hall–Kier alpha value is -3.96. The average Bonchev–Trinajstić information content (AvgIpc) is 3.26. The first kappa shape index (κ1) is 24.7. The van der Waals surface area contributed by atoms with Gasteiger partial charge in [-0.25, -0.2) is 19.2 Å². The van der Waals surface area contributed by atoms with E-state index in [2.05, 4.69) is 35.9 Å². The number of benzene rings is 2. The fraction of sp³-hybridized carbons (Fsp3) is 0.115. The molecule has 0 saturated heterocycles. The topological polar surface area (TPSA) is 107 Å². The minimum Gasteiger partial charge on any atom is -0.487 e. The first-order chi connectivity index (χ1) is 18.0. The van der Waals surface area contributed by atoms with Gasteiger partial charge in [0.2, 0.25) is 12.0 Å². The Morgan fingerprint density at radius 2 is 1.89 bits per heavy atom. The molecule has 2 aromatic carbocycles. The molecule has 0 radical (unpaired) electrons. The highest BCUT2D eigenvalue weighted by Gasteiger charge is 2.26. The summed E-state index contributed by atoms with van der Waals surface area (Å²) in [4.78, 5) is 30.4. The number of aliphatic carboxylic acids is 1. The van der Waals surface area contributed by atoms with Crippen molar-refractivity contribution in [1.82, 2.24) is 19.9 Å². The Bertz CT molecular complexity index is 1550. The number of carboxylic acid groups (broad SMARTS) is 1. The summed E-state index contributed by atoms with van der Waals surface area (Å²) in [6.07, 6.45) is 4.86. The second-order valence-corrected chi connectivity index (χ2v) is 9.65. The fourth-order valence-corrected chi connectivity index (χ4v) is 5.62. The van der Waals surface area contributed by atoms with E-state index in [0.717, 1.165) is 10.4 Å². The van der Waals surface area contributed by atoms with Crippen molar-refractivity contribution in [2.75, 3.05) is 0 Å². The monoisotopic (exact) mass is 580 g/mol. The third kappa shape index (κ3) is 5.57. The largest absolute Gasteiger partial charge is 0.487 e. The van der Waals surface area contributed by atoms with E-state index in [4.69, 9.17) is 9.47 Å². The Kier molecular flexibility index (Phi) is 7.33. The minimum atomic E-state index is -1.25. The highest BCUT2D eigenvalue weighted by atomic mass is 79.9. The maximum Gasteiger partial charge on any atom is 0.345 e. The van der Waals surface area contributed by atoms with Gasteiger partial charge in [0.1, 0.15) is 29.3 Å². The van der Waals surface area contributed by atoms with Crippen LogP contribution in [0.15, 0.2) is 77.9 Å². The molecule has 11 heteroatoms. The number of para-hydroxylation sites is 1. The van der Waals surface area contributed by atoms with Gasteiger partial charge in [-0.1, -0.05) is 30.3 Å². The van der Waals surface area contributed by atoms with Crippen LogP contribution < -0.4 is 9.47 Å². The molecular weight excluding hydrogens is 563 g/mol. The van der Waals surface area contributed by atoms with Crippen molar-refractivity contribution >= 4 is 43.5 Å². The molecule has 0 aliphatic rings. The summed E-state index contributed by atoms with van der Waals surface area (Å²) >= 11 is 4.95. The minimum absolute atomic E-state index is 0.0318. The van der Waals surface area contributed by atoms with Crippen LogP contribution in [0.3, 0.4) is 0 Å². The molecule has 5 rings (SSSR count). The number of carbonyl (C=O) groups is 1. The molecule has 1 N–H and O–H groups in total. The molecule has 3 aromatic heterocycles. The van der Waals surface area contributed by atoms with Crippen molar-refractivity contribution in [3.05, 3.63) is 95.0 Å². The van der Waals surface area contributed by atoms with Crippen LogP contribution in [0.5, 0.6) is 11.6 Å². The van der Waals surface area contributed by atoms with Gasteiger partial charge in [0.15, 0.2) is 0 Å². The Morgan fingerprint density at radius 3 is 2.65 bits per heavy atom. The second-order valence-electron chi connectivity index (χ2n) is 7.85. The number of ether oxygens (including phenoxy) is 2. The van der Waals surface area contributed by atoms with Crippen molar-refractivity contribution in [2.45, 2.75) is 19.1 Å². The number of hydrogen-bond acceptors (Lipinski definition) is 8.